The summed E-state index contributed by atoms with van der Waals surface area (Å²) >= 11 is 1.67. The predicted molar refractivity (Wildman–Crippen MR) is 76.3 cm³/mol. The van der Waals surface area contributed by atoms with E-state index in [0.29, 0.717) is 5.89 Å². The van der Waals surface area contributed by atoms with Crippen molar-refractivity contribution in [1.29, 1.82) is 0 Å². The standard InChI is InChI=1S/C14H19N3OS/c1-2-10-7-9-19-13(10)14-17-16-12(18-14)4-3-8-15-11-5-6-11/h7,9,11,15H,2-6,8H2,1H3. The molecule has 0 radical (unpaired) electrons. The highest BCUT2D eigenvalue weighted by molar-refractivity contribution is 7.13. The fourth-order valence-electron chi connectivity index (χ4n) is 2.08. The SMILES string of the molecule is CCc1ccsc1-c1nnc(CCCNC2CC2)o1. The van der Waals surface area contributed by atoms with Crippen LogP contribution < -0.4 is 5.32 Å². The Labute approximate surface area is 117 Å². The molecule has 2 aromatic rings. The van der Waals surface area contributed by atoms with E-state index in [0.717, 1.165) is 42.6 Å². The minimum atomic E-state index is 0.678. The van der Waals surface area contributed by atoms with Gasteiger partial charge in [-0.1, -0.05) is 6.92 Å². The molecule has 102 valence electrons. The minimum absolute atomic E-state index is 0.678. The number of hydrogen-bond acceptors (Lipinski definition) is 5. The number of nitrogens with one attached hydrogen (secondary N) is 1. The molecule has 19 heavy (non-hydrogen) atoms. The lowest BCUT2D eigenvalue weighted by Gasteiger charge is -1.99. The second-order valence-corrected chi connectivity index (χ2v) is 5.88. The lowest BCUT2D eigenvalue weighted by Crippen LogP contribution is -2.17. The van der Waals surface area contributed by atoms with E-state index in [9.17, 15) is 0 Å². The maximum atomic E-state index is 5.75. The van der Waals surface area contributed by atoms with Crippen molar-refractivity contribution in [2.45, 2.75) is 45.1 Å². The summed E-state index contributed by atoms with van der Waals surface area (Å²) in [5, 5.41) is 13.9. The van der Waals surface area contributed by atoms with Gasteiger partial charge in [-0.3, -0.25) is 0 Å². The summed E-state index contributed by atoms with van der Waals surface area (Å²) in [6, 6.07) is 2.90. The fraction of sp³-hybridized carbons (Fsp3) is 0.571. The van der Waals surface area contributed by atoms with Gasteiger partial charge in [-0.05, 0) is 49.2 Å². The van der Waals surface area contributed by atoms with Crippen molar-refractivity contribution in [3.8, 4) is 10.8 Å². The fourth-order valence-corrected chi connectivity index (χ4v) is 3.00. The molecule has 1 N–H and O–H groups in total. The first-order chi connectivity index (χ1) is 9.36. The Balaban J connectivity index is 1.56. The van der Waals surface area contributed by atoms with E-state index < -0.39 is 0 Å². The van der Waals surface area contributed by atoms with Crippen LogP contribution >= 0.6 is 11.3 Å². The van der Waals surface area contributed by atoms with Crippen molar-refractivity contribution in [1.82, 2.24) is 15.5 Å². The maximum absolute atomic E-state index is 5.75. The average Bonchev–Trinajstić information content (AvgIpc) is 2.94. The molecule has 0 aliphatic heterocycles. The van der Waals surface area contributed by atoms with Gasteiger partial charge in [0.05, 0.1) is 4.88 Å². The molecule has 3 rings (SSSR count). The van der Waals surface area contributed by atoms with Gasteiger partial charge in [0.25, 0.3) is 5.89 Å². The molecule has 0 saturated heterocycles. The Morgan fingerprint density at radius 2 is 2.32 bits per heavy atom. The molecule has 2 aromatic heterocycles. The Bertz CT molecular complexity index is 530. The van der Waals surface area contributed by atoms with Gasteiger partial charge in [-0.25, -0.2) is 0 Å². The van der Waals surface area contributed by atoms with Crippen LogP contribution in [-0.4, -0.2) is 22.8 Å². The molecule has 2 heterocycles. The second-order valence-electron chi connectivity index (χ2n) is 4.96. The molecular formula is C14H19N3OS. The van der Waals surface area contributed by atoms with Crippen LogP contribution in [0.2, 0.25) is 0 Å². The van der Waals surface area contributed by atoms with Crippen LogP contribution in [0.3, 0.4) is 0 Å². The van der Waals surface area contributed by atoms with Crippen LogP contribution in [0.15, 0.2) is 15.9 Å². The zero-order valence-electron chi connectivity index (χ0n) is 11.2. The van der Waals surface area contributed by atoms with Crippen LogP contribution in [0.25, 0.3) is 10.8 Å². The summed E-state index contributed by atoms with van der Waals surface area (Å²) in [6.07, 6.45) is 5.59. The zero-order valence-corrected chi connectivity index (χ0v) is 12.0. The van der Waals surface area contributed by atoms with E-state index in [1.165, 1.54) is 18.4 Å². The van der Waals surface area contributed by atoms with Crippen molar-refractivity contribution >= 4 is 11.3 Å². The van der Waals surface area contributed by atoms with Gasteiger partial charge in [-0.15, -0.1) is 21.5 Å². The first kappa shape index (κ1) is 12.8. The molecule has 1 fully saturated rings. The van der Waals surface area contributed by atoms with E-state index >= 15 is 0 Å². The van der Waals surface area contributed by atoms with Gasteiger partial charge in [0.15, 0.2) is 0 Å². The molecule has 0 spiro atoms. The molecule has 5 heteroatoms. The molecular weight excluding hydrogens is 258 g/mol. The summed E-state index contributed by atoms with van der Waals surface area (Å²) < 4.78 is 5.75. The quantitative estimate of drug-likeness (QED) is 0.790. The molecule has 1 aliphatic rings. The van der Waals surface area contributed by atoms with Gasteiger partial charge in [0, 0.05) is 12.5 Å². The number of thiophene rings is 1. The lowest BCUT2D eigenvalue weighted by atomic mass is 10.2. The topological polar surface area (TPSA) is 51.0 Å². The molecule has 0 aromatic carbocycles. The molecule has 1 saturated carbocycles. The lowest BCUT2D eigenvalue weighted by molar-refractivity contribution is 0.491. The monoisotopic (exact) mass is 277 g/mol. The number of rotatable bonds is 7. The number of aromatic nitrogens is 2. The summed E-state index contributed by atoms with van der Waals surface area (Å²) in [7, 11) is 0. The Hall–Kier alpha value is -1.20. The van der Waals surface area contributed by atoms with Crippen molar-refractivity contribution < 1.29 is 4.42 Å². The smallest absolute Gasteiger partial charge is 0.258 e. The molecule has 0 atom stereocenters. The number of aryl methyl sites for hydroxylation is 2. The van der Waals surface area contributed by atoms with Gasteiger partial charge >= 0.3 is 0 Å². The van der Waals surface area contributed by atoms with Gasteiger partial charge in [-0.2, -0.15) is 0 Å². The Kier molecular flexibility index (Phi) is 3.94. The Morgan fingerprint density at radius 3 is 3.11 bits per heavy atom. The zero-order chi connectivity index (χ0) is 13.1. The average molecular weight is 277 g/mol. The Morgan fingerprint density at radius 1 is 1.42 bits per heavy atom. The van der Waals surface area contributed by atoms with Crippen LogP contribution in [0.4, 0.5) is 0 Å². The van der Waals surface area contributed by atoms with Gasteiger partial charge < -0.3 is 9.73 Å². The molecule has 0 unspecified atom stereocenters. The highest BCUT2D eigenvalue weighted by Gasteiger charge is 2.19. The van der Waals surface area contributed by atoms with Crippen LogP contribution in [0.5, 0.6) is 0 Å². The van der Waals surface area contributed by atoms with E-state index in [1.54, 1.807) is 11.3 Å². The van der Waals surface area contributed by atoms with E-state index in [-0.39, 0.29) is 0 Å². The van der Waals surface area contributed by atoms with Crippen molar-refractivity contribution in [3.05, 3.63) is 22.9 Å². The summed E-state index contributed by atoms with van der Waals surface area (Å²) in [6.45, 7) is 3.19. The normalized spacial score (nSPS) is 15.0. The first-order valence-electron chi connectivity index (χ1n) is 6.99. The third-order valence-corrected chi connectivity index (χ3v) is 4.31. The predicted octanol–water partition coefficient (Wildman–Crippen LogP) is 3.05. The van der Waals surface area contributed by atoms with Crippen molar-refractivity contribution in [2.75, 3.05) is 6.54 Å². The van der Waals surface area contributed by atoms with E-state index in [4.69, 9.17) is 4.42 Å². The summed E-state index contributed by atoms with van der Waals surface area (Å²) in [5.41, 5.74) is 1.29. The summed E-state index contributed by atoms with van der Waals surface area (Å²) in [5.74, 6) is 1.43. The summed E-state index contributed by atoms with van der Waals surface area (Å²) in [4.78, 5) is 1.12. The van der Waals surface area contributed by atoms with E-state index in [2.05, 4.69) is 33.9 Å². The highest BCUT2D eigenvalue weighted by Crippen LogP contribution is 2.29. The van der Waals surface area contributed by atoms with E-state index in [1.807, 2.05) is 0 Å². The molecule has 1 aliphatic carbocycles. The second kappa shape index (κ2) is 5.84. The third-order valence-electron chi connectivity index (χ3n) is 3.37. The van der Waals surface area contributed by atoms with Crippen LogP contribution in [-0.2, 0) is 12.8 Å². The highest BCUT2D eigenvalue weighted by atomic mass is 32.1. The molecule has 4 nitrogen and oxygen atoms in total. The van der Waals surface area contributed by atoms with Crippen LogP contribution in [0.1, 0.15) is 37.6 Å². The minimum Gasteiger partial charge on any atom is -0.420 e. The maximum Gasteiger partial charge on any atom is 0.258 e. The largest absolute Gasteiger partial charge is 0.420 e. The van der Waals surface area contributed by atoms with Crippen molar-refractivity contribution in [2.24, 2.45) is 0 Å². The van der Waals surface area contributed by atoms with Crippen LogP contribution in [0, 0.1) is 0 Å². The number of hydrogen-bond donors (Lipinski definition) is 1. The van der Waals surface area contributed by atoms with Gasteiger partial charge in [0.2, 0.25) is 5.89 Å². The van der Waals surface area contributed by atoms with Crippen molar-refractivity contribution in [3.63, 3.8) is 0 Å². The van der Waals surface area contributed by atoms with Gasteiger partial charge in [0.1, 0.15) is 0 Å². The molecule has 0 bridgehead atoms. The third kappa shape index (κ3) is 3.22. The first-order valence-corrected chi connectivity index (χ1v) is 7.87. The number of nitrogens with zero attached hydrogens (tertiary/aromatic N) is 2. The molecule has 0 amide bonds.